The Hall–Kier alpha value is -1.97. The lowest BCUT2D eigenvalue weighted by Gasteiger charge is -2.15. The number of primary amides is 1. The summed E-state index contributed by atoms with van der Waals surface area (Å²) in [4.78, 5) is 26.1. The van der Waals surface area contributed by atoms with Gasteiger partial charge in [0.05, 0.1) is 5.69 Å². The summed E-state index contributed by atoms with van der Waals surface area (Å²) in [6, 6.07) is 6.95. The van der Waals surface area contributed by atoms with Crippen LogP contribution in [-0.2, 0) is 15.0 Å². The number of amides is 1. The maximum absolute atomic E-state index is 11.2. The van der Waals surface area contributed by atoms with Gasteiger partial charge in [0.15, 0.2) is 5.41 Å². The second-order valence-electron chi connectivity index (χ2n) is 3.13. The second-order valence-corrected chi connectivity index (χ2v) is 3.13. The van der Waals surface area contributed by atoms with Crippen molar-refractivity contribution in [2.24, 2.45) is 10.7 Å². The van der Waals surface area contributed by atoms with Gasteiger partial charge in [-0.2, -0.15) is 0 Å². The van der Waals surface area contributed by atoms with Crippen LogP contribution in [0.5, 0.6) is 0 Å². The number of carbonyl (C=O) groups excluding carboxylic acids is 2. The highest BCUT2D eigenvalue weighted by atomic mass is 16.2. The quantitative estimate of drug-likeness (QED) is 0.536. The molecule has 4 heteroatoms. The summed E-state index contributed by atoms with van der Waals surface area (Å²) in [5, 5.41) is 0. The molecule has 0 saturated carbocycles. The molecule has 1 aliphatic heterocycles. The average molecular weight is 188 g/mol. The molecule has 0 aliphatic carbocycles. The van der Waals surface area contributed by atoms with Gasteiger partial charge in [0.25, 0.3) is 0 Å². The number of nitrogens with two attached hydrogens (primary N) is 1. The van der Waals surface area contributed by atoms with Crippen molar-refractivity contribution >= 4 is 24.1 Å². The van der Waals surface area contributed by atoms with Gasteiger partial charge in [-0.15, -0.1) is 0 Å². The van der Waals surface area contributed by atoms with Gasteiger partial charge in [0, 0.05) is 11.8 Å². The highest BCUT2D eigenvalue weighted by Gasteiger charge is 2.41. The van der Waals surface area contributed by atoms with Crippen molar-refractivity contribution in [2.45, 2.75) is 5.41 Å². The van der Waals surface area contributed by atoms with Crippen LogP contribution in [0.15, 0.2) is 29.3 Å². The highest BCUT2D eigenvalue weighted by molar-refractivity contribution is 6.20. The Morgan fingerprint density at radius 2 is 2.14 bits per heavy atom. The van der Waals surface area contributed by atoms with Crippen LogP contribution in [0, 0.1) is 0 Å². The molecule has 1 heterocycles. The van der Waals surface area contributed by atoms with Crippen LogP contribution in [0.3, 0.4) is 0 Å². The normalized spacial score (nSPS) is 23.1. The average Bonchev–Trinajstić information content (AvgIpc) is 2.57. The molecule has 1 aromatic rings. The molecule has 4 nitrogen and oxygen atoms in total. The molecule has 70 valence electrons. The van der Waals surface area contributed by atoms with E-state index >= 15 is 0 Å². The topological polar surface area (TPSA) is 72.5 Å². The van der Waals surface area contributed by atoms with Crippen LogP contribution < -0.4 is 5.73 Å². The first kappa shape index (κ1) is 8.62. The predicted octanol–water partition coefficient (Wildman–Crippen LogP) is 0.325. The molecule has 1 atom stereocenters. The molecule has 0 spiro atoms. The third kappa shape index (κ3) is 0.907. The number of aliphatic imine (C=N–C) groups is 1. The van der Waals surface area contributed by atoms with Crippen LogP contribution in [0.1, 0.15) is 5.56 Å². The Morgan fingerprint density at radius 3 is 2.79 bits per heavy atom. The molecule has 1 aromatic carbocycles. The minimum atomic E-state index is -1.36. The number of rotatable bonds is 2. The standard InChI is InChI=1S/C10H8N2O2/c11-9(14)10(6-13)5-12-8-4-2-1-3-7(8)10/h1-6H,(H2,11,14). The minimum absolute atomic E-state index is 0.532. The Balaban J connectivity index is 2.67. The third-order valence-electron chi connectivity index (χ3n) is 2.35. The van der Waals surface area contributed by atoms with Gasteiger partial charge < -0.3 is 10.5 Å². The van der Waals surface area contributed by atoms with E-state index in [-0.39, 0.29) is 0 Å². The number of fused-ring (bicyclic) bond motifs is 1. The van der Waals surface area contributed by atoms with E-state index in [0.717, 1.165) is 0 Å². The number of hydrogen-bond donors (Lipinski definition) is 1. The number of para-hydroxylation sites is 1. The van der Waals surface area contributed by atoms with Crippen molar-refractivity contribution in [2.75, 3.05) is 0 Å². The van der Waals surface area contributed by atoms with E-state index in [2.05, 4.69) is 4.99 Å². The molecule has 0 radical (unpaired) electrons. The molecular formula is C10H8N2O2. The van der Waals surface area contributed by atoms with Crippen LogP contribution in [0.25, 0.3) is 0 Å². The lowest BCUT2D eigenvalue weighted by atomic mass is 9.83. The summed E-state index contributed by atoms with van der Waals surface area (Å²) in [5.41, 5.74) is 5.01. The van der Waals surface area contributed by atoms with Gasteiger partial charge in [0.2, 0.25) is 5.91 Å². The number of hydrogen-bond acceptors (Lipinski definition) is 3. The van der Waals surface area contributed by atoms with Crippen LogP contribution in [0.4, 0.5) is 5.69 Å². The molecule has 0 aromatic heterocycles. The van der Waals surface area contributed by atoms with E-state index in [1.54, 1.807) is 24.3 Å². The van der Waals surface area contributed by atoms with E-state index in [0.29, 0.717) is 17.5 Å². The van der Waals surface area contributed by atoms with Crippen molar-refractivity contribution in [3.8, 4) is 0 Å². The van der Waals surface area contributed by atoms with Gasteiger partial charge in [-0.1, -0.05) is 18.2 Å². The number of aldehydes is 1. The van der Waals surface area contributed by atoms with Crippen LogP contribution in [0.2, 0.25) is 0 Å². The Morgan fingerprint density at radius 1 is 1.43 bits per heavy atom. The first-order valence-corrected chi connectivity index (χ1v) is 4.12. The lowest BCUT2D eigenvalue weighted by Crippen LogP contribution is -2.42. The number of nitrogens with zero attached hydrogens (tertiary/aromatic N) is 1. The zero-order valence-corrected chi connectivity index (χ0v) is 7.31. The fraction of sp³-hybridized carbons (Fsp3) is 0.100. The maximum Gasteiger partial charge on any atom is 0.240 e. The molecular weight excluding hydrogens is 180 g/mol. The molecule has 14 heavy (non-hydrogen) atoms. The largest absolute Gasteiger partial charge is 0.368 e. The third-order valence-corrected chi connectivity index (χ3v) is 2.35. The van der Waals surface area contributed by atoms with Crippen molar-refractivity contribution in [3.63, 3.8) is 0 Å². The van der Waals surface area contributed by atoms with Crippen molar-refractivity contribution in [1.29, 1.82) is 0 Å². The molecule has 0 bridgehead atoms. The zero-order chi connectivity index (χ0) is 10.2. The summed E-state index contributed by atoms with van der Waals surface area (Å²) < 4.78 is 0. The monoisotopic (exact) mass is 188 g/mol. The fourth-order valence-corrected chi connectivity index (χ4v) is 1.53. The minimum Gasteiger partial charge on any atom is -0.368 e. The fourth-order valence-electron chi connectivity index (χ4n) is 1.53. The van der Waals surface area contributed by atoms with E-state index in [1.807, 2.05) is 0 Å². The summed E-state index contributed by atoms with van der Waals surface area (Å²) in [7, 11) is 0. The lowest BCUT2D eigenvalue weighted by molar-refractivity contribution is -0.125. The molecule has 0 saturated heterocycles. The molecule has 2 N–H and O–H groups in total. The molecule has 2 rings (SSSR count). The van der Waals surface area contributed by atoms with Crippen molar-refractivity contribution in [1.82, 2.24) is 0 Å². The predicted molar refractivity (Wildman–Crippen MR) is 51.5 cm³/mol. The van der Waals surface area contributed by atoms with Crippen molar-refractivity contribution in [3.05, 3.63) is 29.8 Å². The molecule has 1 aliphatic rings. The van der Waals surface area contributed by atoms with Crippen molar-refractivity contribution < 1.29 is 9.59 Å². The van der Waals surface area contributed by atoms with Gasteiger partial charge in [-0.3, -0.25) is 9.79 Å². The summed E-state index contributed by atoms with van der Waals surface area (Å²) >= 11 is 0. The molecule has 1 amide bonds. The van der Waals surface area contributed by atoms with Crippen LogP contribution in [-0.4, -0.2) is 18.4 Å². The van der Waals surface area contributed by atoms with Crippen LogP contribution >= 0.6 is 0 Å². The van der Waals surface area contributed by atoms with Gasteiger partial charge in [-0.25, -0.2) is 0 Å². The molecule has 0 fully saturated rings. The Kier molecular flexibility index (Phi) is 1.70. The zero-order valence-electron chi connectivity index (χ0n) is 7.31. The number of carbonyl (C=O) groups is 2. The first-order chi connectivity index (χ1) is 6.70. The van der Waals surface area contributed by atoms with E-state index in [1.165, 1.54) is 6.21 Å². The number of benzene rings is 1. The van der Waals surface area contributed by atoms with E-state index in [4.69, 9.17) is 5.73 Å². The summed E-state index contributed by atoms with van der Waals surface area (Å²) in [5.74, 6) is -0.693. The highest BCUT2D eigenvalue weighted by Crippen LogP contribution is 2.34. The van der Waals surface area contributed by atoms with Gasteiger partial charge >= 0.3 is 0 Å². The van der Waals surface area contributed by atoms with E-state index in [9.17, 15) is 9.59 Å². The Labute approximate surface area is 80.4 Å². The smallest absolute Gasteiger partial charge is 0.240 e. The first-order valence-electron chi connectivity index (χ1n) is 4.12. The summed E-state index contributed by atoms with van der Waals surface area (Å²) in [6.07, 6.45) is 1.83. The Bertz CT molecular complexity index is 440. The summed E-state index contributed by atoms with van der Waals surface area (Å²) in [6.45, 7) is 0. The maximum atomic E-state index is 11.2. The van der Waals surface area contributed by atoms with Gasteiger partial charge in [0.1, 0.15) is 6.29 Å². The van der Waals surface area contributed by atoms with Gasteiger partial charge in [-0.05, 0) is 6.07 Å². The SMILES string of the molecule is NC(=O)C1(C=O)C=Nc2ccccc21. The second kappa shape index (κ2) is 2.77. The molecule has 1 unspecified atom stereocenters. The van der Waals surface area contributed by atoms with E-state index < -0.39 is 11.3 Å².